The molecular weight excluding hydrogens is 222 g/mol. The zero-order valence-corrected chi connectivity index (χ0v) is 10.3. The molecule has 4 heteroatoms. The van der Waals surface area contributed by atoms with E-state index < -0.39 is 0 Å². The molecule has 0 atom stereocenters. The van der Waals surface area contributed by atoms with Crippen LogP contribution < -0.4 is 9.61 Å². The first kappa shape index (κ1) is 11.0. The number of ether oxygens (including phenoxy) is 1. The van der Waals surface area contributed by atoms with Gasteiger partial charge >= 0.3 is 4.87 Å². The van der Waals surface area contributed by atoms with Gasteiger partial charge in [0.05, 0.1) is 12.8 Å². The van der Waals surface area contributed by atoms with Crippen LogP contribution in [0.5, 0.6) is 5.75 Å². The molecule has 0 unspecified atom stereocenters. The molecule has 0 saturated carbocycles. The lowest BCUT2D eigenvalue weighted by Crippen LogP contribution is -1.93. The number of thiazole rings is 1. The Hall–Kier alpha value is -1.55. The molecule has 1 aromatic heterocycles. The van der Waals surface area contributed by atoms with Crippen LogP contribution in [0.4, 0.5) is 0 Å². The van der Waals surface area contributed by atoms with E-state index >= 15 is 0 Å². The number of methoxy groups -OCH3 is 1. The molecule has 0 amide bonds. The van der Waals surface area contributed by atoms with Gasteiger partial charge < -0.3 is 9.72 Å². The minimum absolute atomic E-state index is 0.0130. The molecule has 0 spiro atoms. The molecule has 0 fully saturated rings. The molecule has 2 rings (SSSR count). The minimum Gasteiger partial charge on any atom is -0.496 e. The first-order valence-electron chi connectivity index (χ1n) is 4.96. The molecule has 84 valence electrons. The van der Waals surface area contributed by atoms with Gasteiger partial charge in [0.2, 0.25) is 0 Å². The molecule has 0 bridgehead atoms. The quantitative estimate of drug-likeness (QED) is 0.869. The second kappa shape index (κ2) is 4.14. The average Bonchev–Trinajstić information content (AvgIpc) is 2.58. The Morgan fingerprint density at radius 3 is 2.56 bits per heavy atom. The summed E-state index contributed by atoms with van der Waals surface area (Å²) in [4.78, 5) is 15.1. The Balaban J connectivity index is 2.53. The Morgan fingerprint density at radius 1 is 1.31 bits per heavy atom. The van der Waals surface area contributed by atoms with Crippen molar-refractivity contribution >= 4 is 11.3 Å². The number of rotatable bonds is 2. The van der Waals surface area contributed by atoms with Gasteiger partial charge in [0.25, 0.3) is 0 Å². The molecule has 0 aliphatic rings. The number of benzene rings is 1. The van der Waals surface area contributed by atoms with Crippen LogP contribution in [0.25, 0.3) is 11.3 Å². The van der Waals surface area contributed by atoms with Gasteiger partial charge in [-0.3, -0.25) is 4.79 Å². The van der Waals surface area contributed by atoms with Crippen molar-refractivity contribution in [2.24, 2.45) is 0 Å². The Kier molecular flexibility index (Phi) is 2.83. The maximum atomic E-state index is 11.2. The van der Waals surface area contributed by atoms with Crippen molar-refractivity contribution in [3.8, 4) is 17.0 Å². The van der Waals surface area contributed by atoms with E-state index in [-0.39, 0.29) is 4.87 Å². The molecule has 0 radical (unpaired) electrons. The molecule has 1 N–H and O–H groups in total. The first-order valence-corrected chi connectivity index (χ1v) is 5.78. The second-order valence-electron chi connectivity index (χ2n) is 3.63. The third-order valence-electron chi connectivity index (χ3n) is 2.51. The number of hydrogen-bond donors (Lipinski definition) is 1. The van der Waals surface area contributed by atoms with Crippen molar-refractivity contribution in [1.82, 2.24) is 4.98 Å². The van der Waals surface area contributed by atoms with Gasteiger partial charge in [0.15, 0.2) is 0 Å². The summed E-state index contributed by atoms with van der Waals surface area (Å²) in [5, 5.41) is 0. The standard InChI is InChI=1S/C12H13NO2S/c1-7-6-9(4-5-10(7)15-3)11-8(2)16-12(14)13-11/h4-6H,1-3H3,(H,13,14). The third-order valence-corrected chi connectivity index (χ3v) is 3.31. The van der Waals surface area contributed by atoms with Crippen LogP contribution >= 0.6 is 11.3 Å². The maximum absolute atomic E-state index is 11.2. The molecule has 0 aliphatic heterocycles. The SMILES string of the molecule is COc1ccc(-c2[nH]c(=O)sc2C)cc1C. The summed E-state index contributed by atoms with van der Waals surface area (Å²) in [5.74, 6) is 0.860. The topological polar surface area (TPSA) is 42.1 Å². The van der Waals surface area contributed by atoms with Gasteiger partial charge in [0, 0.05) is 4.88 Å². The molecular formula is C12H13NO2S. The van der Waals surface area contributed by atoms with Crippen molar-refractivity contribution < 1.29 is 4.74 Å². The van der Waals surface area contributed by atoms with Crippen molar-refractivity contribution in [2.75, 3.05) is 7.11 Å². The van der Waals surface area contributed by atoms with Gasteiger partial charge in [-0.2, -0.15) is 0 Å². The Labute approximate surface area is 97.7 Å². The fraction of sp³-hybridized carbons (Fsp3) is 0.250. The van der Waals surface area contributed by atoms with Gasteiger partial charge in [-0.05, 0) is 43.2 Å². The van der Waals surface area contributed by atoms with Gasteiger partial charge in [-0.25, -0.2) is 0 Å². The van der Waals surface area contributed by atoms with E-state index in [1.807, 2.05) is 32.0 Å². The number of aryl methyl sites for hydroxylation is 2. The summed E-state index contributed by atoms with van der Waals surface area (Å²) in [6, 6.07) is 5.89. The molecule has 0 aliphatic carbocycles. The van der Waals surface area contributed by atoms with Crippen LogP contribution in [0.3, 0.4) is 0 Å². The van der Waals surface area contributed by atoms with E-state index in [4.69, 9.17) is 4.74 Å². The lowest BCUT2D eigenvalue weighted by atomic mass is 10.1. The summed E-state index contributed by atoms with van der Waals surface area (Å²) in [6.07, 6.45) is 0. The fourth-order valence-corrected chi connectivity index (χ4v) is 2.42. The molecule has 16 heavy (non-hydrogen) atoms. The van der Waals surface area contributed by atoms with E-state index in [2.05, 4.69) is 4.98 Å². The summed E-state index contributed by atoms with van der Waals surface area (Å²) >= 11 is 1.24. The van der Waals surface area contributed by atoms with Crippen molar-refractivity contribution in [3.05, 3.63) is 38.3 Å². The number of H-pyrrole nitrogens is 1. The summed E-state index contributed by atoms with van der Waals surface area (Å²) in [6.45, 7) is 3.93. The van der Waals surface area contributed by atoms with Crippen LogP contribution in [0, 0.1) is 13.8 Å². The van der Waals surface area contributed by atoms with E-state index in [1.54, 1.807) is 7.11 Å². The highest BCUT2D eigenvalue weighted by molar-refractivity contribution is 7.09. The predicted molar refractivity (Wildman–Crippen MR) is 66.4 cm³/mol. The van der Waals surface area contributed by atoms with Gasteiger partial charge in [-0.1, -0.05) is 11.3 Å². The van der Waals surface area contributed by atoms with Crippen molar-refractivity contribution in [3.63, 3.8) is 0 Å². The predicted octanol–water partition coefficient (Wildman–Crippen LogP) is 2.73. The number of aromatic amines is 1. The third kappa shape index (κ3) is 1.88. The maximum Gasteiger partial charge on any atom is 0.305 e. The molecule has 0 saturated heterocycles. The molecule has 3 nitrogen and oxygen atoms in total. The highest BCUT2D eigenvalue weighted by atomic mass is 32.1. The van der Waals surface area contributed by atoms with E-state index in [9.17, 15) is 4.79 Å². The van der Waals surface area contributed by atoms with E-state index in [0.717, 1.165) is 27.4 Å². The zero-order chi connectivity index (χ0) is 11.7. The summed E-state index contributed by atoms with van der Waals surface area (Å²) in [7, 11) is 1.65. The highest BCUT2D eigenvalue weighted by Crippen LogP contribution is 2.27. The van der Waals surface area contributed by atoms with Crippen LogP contribution in [-0.4, -0.2) is 12.1 Å². The summed E-state index contributed by atoms with van der Waals surface area (Å²) in [5.41, 5.74) is 2.99. The van der Waals surface area contributed by atoms with Crippen LogP contribution in [0.1, 0.15) is 10.4 Å². The van der Waals surface area contributed by atoms with Crippen LogP contribution in [-0.2, 0) is 0 Å². The van der Waals surface area contributed by atoms with Crippen LogP contribution in [0.2, 0.25) is 0 Å². The van der Waals surface area contributed by atoms with Crippen molar-refractivity contribution in [2.45, 2.75) is 13.8 Å². The first-order chi connectivity index (χ1) is 7.61. The monoisotopic (exact) mass is 235 g/mol. The Morgan fingerprint density at radius 2 is 2.06 bits per heavy atom. The van der Waals surface area contributed by atoms with E-state index in [1.165, 1.54) is 11.3 Å². The molecule has 1 aromatic carbocycles. The summed E-state index contributed by atoms with van der Waals surface area (Å²) < 4.78 is 5.20. The number of nitrogens with one attached hydrogen (secondary N) is 1. The lowest BCUT2D eigenvalue weighted by molar-refractivity contribution is 0.412. The highest BCUT2D eigenvalue weighted by Gasteiger charge is 2.08. The molecule has 1 heterocycles. The number of hydrogen-bond acceptors (Lipinski definition) is 3. The molecule has 2 aromatic rings. The number of aromatic nitrogens is 1. The van der Waals surface area contributed by atoms with Crippen LogP contribution in [0.15, 0.2) is 23.0 Å². The smallest absolute Gasteiger partial charge is 0.305 e. The lowest BCUT2D eigenvalue weighted by Gasteiger charge is -2.06. The average molecular weight is 235 g/mol. The zero-order valence-electron chi connectivity index (χ0n) is 9.46. The second-order valence-corrected chi connectivity index (χ2v) is 4.82. The van der Waals surface area contributed by atoms with Crippen molar-refractivity contribution in [1.29, 1.82) is 0 Å². The largest absolute Gasteiger partial charge is 0.496 e. The Bertz CT molecular complexity index is 569. The normalized spacial score (nSPS) is 10.4. The van der Waals surface area contributed by atoms with Gasteiger partial charge in [-0.15, -0.1) is 0 Å². The van der Waals surface area contributed by atoms with E-state index in [0.29, 0.717) is 0 Å². The minimum atomic E-state index is -0.0130. The fourth-order valence-electron chi connectivity index (χ4n) is 1.72. The van der Waals surface area contributed by atoms with Gasteiger partial charge in [0.1, 0.15) is 5.75 Å².